The van der Waals surface area contributed by atoms with Crippen molar-refractivity contribution in [1.82, 2.24) is 9.97 Å². The number of rotatable bonds is 3. The molecule has 0 aliphatic rings. The zero-order valence-electron chi connectivity index (χ0n) is 15.9. The van der Waals surface area contributed by atoms with Crippen molar-refractivity contribution in [1.29, 1.82) is 0 Å². The van der Waals surface area contributed by atoms with Crippen LogP contribution in [0.5, 0.6) is 0 Å². The van der Waals surface area contributed by atoms with Crippen molar-refractivity contribution in [2.24, 2.45) is 0 Å². The summed E-state index contributed by atoms with van der Waals surface area (Å²) >= 11 is 0. The normalized spacial score (nSPS) is 11.5. The van der Waals surface area contributed by atoms with Gasteiger partial charge in [-0.25, -0.2) is 4.98 Å². The van der Waals surface area contributed by atoms with Crippen LogP contribution < -0.4 is 0 Å². The Kier molecular flexibility index (Phi) is 3.94. The molecular weight excluding hydrogens is 344 g/mol. The Morgan fingerprint density at radius 1 is 0.714 bits per heavy atom. The lowest BCUT2D eigenvalue weighted by Gasteiger charge is -2.10. The smallest absolute Gasteiger partial charge is 0.231 e. The van der Waals surface area contributed by atoms with Crippen LogP contribution in [0.25, 0.3) is 44.5 Å². The molecular formula is C25H20N2O. The lowest BCUT2D eigenvalue weighted by molar-refractivity contribution is 0.643. The van der Waals surface area contributed by atoms with Gasteiger partial charge in [0.2, 0.25) is 5.71 Å². The number of fused-ring (bicyclic) bond motifs is 3. The molecule has 0 aliphatic carbocycles. The van der Waals surface area contributed by atoms with Crippen LogP contribution in [0.1, 0.15) is 25.6 Å². The predicted octanol–water partition coefficient (Wildman–Crippen LogP) is 6.83. The first-order valence-electron chi connectivity index (χ1n) is 9.56. The SMILES string of the molecule is CC(C)c1nc(-c2cccc(-c3ccccc3)c2)c2c(n1)oc1ccccc12. The van der Waals surface area contributed by atoms with Gasteiger partial charge in [-0.2, -0.15) is 4.98 Å². The average Bonchev–Trinajstić information content (AvgIpc) is 3.12. The first-order chi connectivity index (χ1) is 13.7. The Labute approximate surface area is 163 Å². The van der Waals surface area contributed by atoms with Crippen LogP contribution in [0.4, 0.5) is 0 Å². The Bertz CT molecular complexity index is 1290. The molecule has 0 aliphatic heterocycles. The van der Waals surface area contributed by atoms with Gasteiger partial charge in [0.1, 0.15) is 11.4 Å². The van der Waals surface area contributed by atoms with E-state index >= 15 is 0 Å². The van der Waals surface area contributed by atoms with Gasteiger partial charge in [0, 0.05) is 16.9 Å². The molecule has 2 heterocycles. The first-order valence-corrected chi connectivity index (χ1v) is 9.56. The highest BCUT2D eigenvalue weighted by Crippen LogP contribution is 2.36. The van der Waals surface area contributed by atoms with Crippen LogP contribution in [-0.4, -0.2) is 9.97 Å². The van der Waals surface area contributed by atoms with E-state index in [2.05, 4.69) is 68.4 Å². The molecule has 0 saturated heterocycles. The van der Waals surface area contributed by atoms with Gasteiger partial charge < -0.3 is 4.42 Å². The molecule has 0 radical (unpaired) electrons. The molecule has 0 amide bonds. The molecule has 3 aromatic carbocycles. The summed E-state index contributed by atoms with van der Waals surface area (Å²) in [5.41, 5.74) is 5.85. The first kappa shape index (κ1) is 16.7. The summed E-state index contributed by atoms with van der Waals surface area (Å²) in [7, 11) is 0. The van der Waals surface area contributed by atoms with Gasteiger partial charge in [-0.3, -0.25) is 0 Å². The van der Waals surface area contributed by atoms with Gasteiger partial charge >= 0.3 is 0 Å². The monoisotopic (exact) mass is 364 g/mol. The van der Waals surface area contributed by atoms with Crippen molar-refractivity contribution in [3.8, 4) is 22.4 Å². The van der Waals surface area contributed by atoms with Crippen LogP contribution in [0.2, 0.25) is 0 Å². The molecule has 5 aromatic rings. The quantitative estimate of drug-likeness (QED) is 0.352. The molecule has 3 heteroatoms. The third kappa shape index (κ3) is 2.76. The second kappa shape index (κ2) is 6.61. The standard InChI is InChI=1S/C25H20N2O/c1-16(2)24-26-23(22-20-13-6-7-14-21(20)28-25(22)27-24)19-12-8-11-18(15-19)17-9-4-3-5-10-17/h3-16H,1-2H3. The second-order valence-corrected chi connectivity index (χ2v) is 7.31. The van der Waals surface area contributed by atoms with Crippen LogP contribution in [0, 0.1) is 0 Å². The van der Waals surface area contributed by atoms with E-state index in [0.717, 1.165) is 33.4 Å². The van der Waals surface area contributed by atoms with Crippen molar-refractivity contribution < 1.29 is 4.42 Å². The minimum Gasteiger partial charge on any atom is -0.438 e. The molecule has 136 valence electrons. The minimum atomic E-state index is 0.216. The zero-order valence-corrected chi connectivity index (χ0v) is 15.9. The second-order valence-electron chi connectivity index (χ2n) is 7.31. The number of furan rings is 1. The summed E-state index contributed by atoms with van der Waals surface area (Å²) in [5.74, 6) is 1.01. The van der Waals surface area contributed by atoms with Crippen molar-refractivity contribution in [3.63, 3.8) is 0 Å². The van der Waals surface area contributed by atoms with Gasteiger partial charge in [0.15, 0.2) is 0 Å². The van der Waals surface area contributed by atoms with E-state index in [1.807, 2.05) is 24.3 Å². The summed E-state index contributed by atoms with van der Waals surface area (Å²) < 4.78 is 6.07. The van der Waals surface area contributed by atoms with Crippen molar-refractivity contribution in [3.05, 3.63) is 84.7 Å². The number of aromatic nitrogens is 2. The fourth-order valence-electron chi connectivity index (χ4n) is 3.58. The van der Waals surface area contributed by atoms with Gasteiger partial charge in [0.25, 0.3) is 0 Å². The Hall–Kier alpha value is -3.46. The van der Waals surface area contributed by atoms with Crippen molar-refractivity contribution >= 4 is 22.1 Å². The lowest BCUT2D eigenvalue weighted by atomic mass is 9.99. The summed E-state index contributed by atoms with van der Waals surface area (Å²) in [5, 5.41) is 2.03. The largest absolute Gasteiger partial charge is 0.438 e. The van der Waals surface area contributed by atoms with E-state index in [9.17, 15) is 0 Å². The number of benzene rings is 3. The van der Waals surface area contributed by atoms with Crippen molar-refractivity contribution in [2.75, 3.05) is 0 Å². The third-order valence-electron chi connectivity index (χ3n) is 5.02. The van der Waals surface area contributed by atoms with Gasteiger partial charge in [-0.05, 0) is 23.3 Å². The molecule has 3 nitrogen and oxygen atoms in total. The molecule has 0 N–H and O–H groups in total. The maximum atomic E-state index is 6.07. The molecule has 0 unspecified atom stereocenters. The van der Waals surface area contributed by atoms with Crippen LogP contribution >= 0.6 is 0 Å². The number of para-hydroxylation sites is 1. The number of nitrogens with zero attached hydrogens (tertiary/aromatic N) is 2. The third-order valence-corrected chi connectivity index (χ3v) is 5.02. The van der Waals surface area contributed by atoms with E-state index in [-0.39, 0.29) is 5.92 Å². The topological polar surface area (TPSA) is 38.9 Å². The maximum absolute atomic E-state index is 6.07. The molecule has 0 spiro atoms. The summed E-state index contributed by atoms with van der Waals surface area (Å²) in [6.07, 6.45) is 0. The summed E-state index contributed by atoms with van der Waals surface area (Å²) in [6, 6.07) is 27.0. The highest BCUT2D eigenvalue weighted by molar-refractivity contribution is 6.10. The Morgan fingerprint density at radius 3 is 2.25 bits per heavy atom. The number of hydrogen-bond donors (Lipinski definition) is 0. The lowest BCUT2D eigenvalue weighted by Crippen LogP contribution is -1.99. The van der Waals surface area contributed by atoms with Gasteiger partial charge in [-0.15, -0.1) is 0 Å². The van der Waals surface area contributed by atoms with E-state index in [1.54, 1.807) is 0 Å². The van der Waals surface area contributed by atoms with Gasteiger partial charge in [-0.1, -0.05) is 80.6 Å². The van der Waals surface area contributed by atoms with E-state index in [0.29, 0.717) is 5.71 Å². The fourth-order valence-corrected chi connectivity index (χ4v) is 3.58. The molecule has 0 atom stereocenters. The van der Waals surface area contributed by atoms with E-state index in [4.69, 9.17) is 14.4 Å². The van der Waals surface area contributed by atoms with E-state index < -0.39 is 0 Å². The molecule has 0 saturated carbocycles. The molecule has 0 fully saturated rings. The van der Waals surface area contributed by atoms with Crippen LogP contribution in [0.15, 0.2) is 83.3 Å². The molecule has 5 rings (SSSR count). The fraction of sp³-hybridized carbons (Fsp3) is 0.120. The molecule has 28 heavy (non-hydrogen) atoms. The highest BCUT2D eigenvalue weighted by Gasteiger charge is 2.18. The van der Waals surface area contributed by atoms with Crippen LogP contribution in [0.3, 0.4) is 0 Å². The summed E-state index contributed by atoms with van der Waals surface area (Å²) in [6.45, 7) is 4.21. The zero-order chi connectivity index (χ0) is 19.1. The number of hydrogen-bond acceptors (Lipinski definition) is 3. The average molecular weight is 364 g/mol. The van der Waals surface area contributed by atoms with E-state index in [1.165, 1.54) is 11.1 Å². The Balaban J connectivity index is 1.80. The van der Waals surface area contributed by atoms with Gasteiger partial charge in [0.05, 0.1) is 11.1 Å². The summed E-state index contributed by atoms with van der Waals surface area (Å²) in [4.78, 5) is 9.66. The molecule has 2 aromatic heterocycles. The highest BCUT2D eigenvalue weighted by atomic mass is 16.3. The molecule has 0 bridgehead atoms. The van der Waals surface area contributed by atoms with Crippen molar-refractivity contribution in [2.45, 2.75) is 19.8 Å². The predicted molar refractivity (Wildman–Crippen MR) is 114 cm³/mol. The Morgan fingerprint density at radius 2 is 1.43 bits per heavy atom. The minimum absolute atomic E-state index is 0.216. The maximum Gasteiger partial charge on any atom is 0.231 e. The van der Waals surface area contributed by atoms with Crippen LogP contribution in [-0.2, 0) is 0 Å².